The van der Waals surface area contributed by atoms with E-state index in [0.717, 1.165) is 5.56 Å². The van der Waals surface area contributed by atoms with Gasteiger partial charge in [-0.3, -0.25) is 9.59 Å². The number of rotatable bonds is 6. The van der Waals surface area contributed by atoms with Crippen LogP contribution in [0, 0.1) is 0 Å². The number of anilines is 1. The molecule has 2 aromatic carbocycles. The molecular weight excluding hydrogens is 382 g/mol. The molecular formula is C22H19N5O3. The van der Waals surface area contributed by atoms with Gasteiger partial charge in [0.15, 0.2) is 0 Å². The van der Waals surface area contributed by atoms with E-state index in [1.165, 1.54) is 5.01 Å². The molecule has 2 amide bonds. The van der Waals surface area contributed by atoms with Gasteiger partial charge in [0, 0.05) is 30.9 Å². The predicted octanol–water partition coefficient (Wildman–Crippen LogP) is 3.39. The number of hydrazone groups is 1. The Morgan fingerprint density at radius 1 is 0.967 bits per heavy atom. The van der Waals surface area contributed by atoms with E-state index in [2.05, 4.69) is 20.4 Å². The first-order chi connectivity index (χ1) is 14.7. The van der Waals surface area contributed by atoms with Crippen LogP contribution in [0.25, 0.3) is 0 Å². The summed E-state index contributed by atoms with van der Waals surface area (Å²) in [5.74, 6) is 0.120. The number of benzene rings is 2. The molecule has 0 aliphatic carbocycles. The summed E-state index contributed by atoms with van der Waals surface area (Å²) >= 11 is 0. The van der Waals surface area contributed by atoms with Crippen LogP contribution in [0.4, 0.5) is 5.69 Å². The van der Waals surface area contributed by atoms with E-state index in [1.54, 1.807) is 42.7 Å². The topological polar surface area (TPSA) is 96.8 Å². The highest BCUT2D eigenvalue weighted by atomic mass is 16.5. The SMILES string of the molecule is O=C(Nc1ccc(Oc2ncccn2)cc1)C1=NN(Cc2ccccc2)C(=O)CC1. The Kier molecular flexibility index (Phi) is 5.75. The summed E-state index contributed by atoms with van der Waals surface area (Å²) in [5, 5.41) is 8.43. The molecule has 1 aliphatic rings. The van der Waals surface area contributed by atoms with Crippen LogP contribution in [0.2, 0.25) is 0 Å². The quantitative estimate of drug-likeness (QED) is 0.683. The zero-order chi connectivity index (χ0) is 20.8. The fourth-order valence-corrected chi connectivity index (χ4v) is 2.90. The second-order valence-electron chi connectivity index (χ2n) is 6.60. The van der Waals surface area contributed by atoms with Gasteiger partial charge in [0.1, 0.15) is 11.5 Å². The highest BCUT2D eigenvalue weighted by molar-refractivity contribution is 6.43. The van der Waals surface area contributed by atoms with Crippen LogP contribution in [-0.2, 0) is 16.1 Å². The van der Waals surface area contributed by atoms with Crippen molar-refractivity contribution < 1.29 is 14.3 Å². The smallest absolute Gasteiger partial charge is 0.321 e. The van der Waals surface area contributed by atoms with Gasteiger partial charge < -0.3 is 10.1 Å². The maximum absolute atomic E-state index is 12.6. The van der Waals surface area contributed by atoms with Crippen molar-refractivity contribution in [2.24, 2.45) is 5.10 Å². The summed E-state index contributed by atoms with van der Waals surface area (Å²) in [4.78, 5) is 32.8. The first-order valence-corrected chi connectivity index (χ1v) is 9.45. The molecule has 0 unspecified atom stereocenters. The third-order valence-corrected chi connectivity index (χ3v) is 4.41. The van der Waals surface area contributed by atoms with E-state index in [-0.39, 0.29) is 24.2 Å². The fraction of sp³-hybridized carbons (Fsp3) is 0.136. The van der Waals surface area contributed by atoms with Crippen LogP contribution in [-0.4, -0.2) is 32.5 Å². The minimum Gasteiger partial charge on any atom is -0.424 e. The molecule has 150 valence electrons. The van der Waals surface area contributed by atoms with Crippen molar-refractivity contribution in [1.29, 1.82) is 0 Å². The van der Waals surface area contributed by atoms with Crippen molar-refractivity contribution in [3.63, 3.8) is 0 Å². The number of carbonyl (C=O) groups excluding carboxylic acids is 2. The summed E-state index contributed by atoms with van der Waals surface area (Å²) in [6.07, 6.45) is 3.74. The van der Waals surface area contributed by atoms with Crippen molar-refractivity contribution in [1.82, 2.24) is 15.0 Å². The lowest BCUT2D eigenvalue weighted by atomic mass is 10.1. The molecule has 2 heterocycles. The van der Waals surface area contributed by atoms with Gasteiger partial charge in [0.05, 0.1) is 6.54 Å². The average Bonchev–Trinajstić information content (AvgIpc) is 2.78. The van der Waals surface area contributed by atoms with Gasteiger partial charge in [-0.2, -0.15) is 5.10 Å². The number of ether oxygens (including phenoxy) is 1. The molecule has 30 heavy (non-hydrogen) atoms. The standard InChI is InChI=1S/C22H19N5O3/c28-20-12-11-19(26-27(20)15-16-5-2-1-3-6-16)21(29)25-17-7-9-18(10-8-17)30-22-23-13-4-14-24-22/h1-10,13-14H,11-12,15H2,(H,25,29). The zero-order valence-corrected chi connectivity index (χ0v) is 16.1. The van der Waals surface area contributed by atoms with Gasteiger partial charge in [0.25, 0.3) is 5.91 Å². The average molecular weight is 401 g/mol. The molecule has 0 spiro atoms. The summed E-state index contributed by atoms with van der Waals surface area (Å²) in [6, 6.07) is 18.3. The second-order valence-corrected chi connectivity index (χ2v) is 6.60. The number of nitrogens with zero attached hydrogens (tertiary/aromatic N) is 4. The number of nitrogens with one attached hydrogen (secondary N) is 1. The van der Waals surface area contributed by atoms with Crippen molar-refractivity contribution in [3.8, 4) is 11.8 Å². The van der Waals surface area contributed by atoms with E-state index in [1.807, 2.05) is 30.3 Å². The monoisotopic (exact) mass is 401 g/mol. The summed E-state index contributed by atoms with van der Waals surface area (Å²) in [5.41, 5.74) is 1.87. The Hall–Kier alpha value is -4.07. The lowest BCUT2D eigenvalue weighted by molar-refractivity contribution is -0.132. The van der Waals surface area contributed by atoms with Gasteiger partial charge >= 0.3 is 6.01 Å². The Bertz CT molecular complexity index is 1050. The molecule has 0 saturated heterocycles. The molecule has 0 saturated carbocycles. The van der Waals surface area contributed by atoms with Gasteiger partial charge in [-0.05, 0) is 35.9 Å². The van der Waals surface area contributed by atoms with E-state index >= 15 is 0 Å². The lowest BCUT2D eigenvalue weighted by Gasteiger charge is -2.23. The molecule has 3 aromatic rings. The largest absolute Gasteiger partial charge is 0.424 e. The normalized spacial score (nSPS) is 13.5. The molecule has 1 aliphatic heterocycles. The van der Waals surface area contributed by atoms with Crippen LogP contribution in [0.3, 0.4) is 0 Å². The first kappa shape index (κ1) is 19.3. The molecule has 0 atom stereocenters. The number of amides is 2. The number of hydrogen-bond acceptors (Lipinski definition) is 6. The van der Waals surface area contributed by atoms with Crippen LogP contribution in [0.15, 0.2) is 78.2 Å². The third-order valence-electron chi connectivity index (χ3n) is 4.41. The van der Waals surface area contributed by atoms with Crippen LogP contribution < -0.4 is 10.1 Å². The van der Waals surface area contributed by atoms with Gasteiger partial charge in [-0.1, -0.05) is 30.3 Å². The molecule has 4 rings (SSSR count). The maximum Gasteiger partial charge on any atom is 0.321 e. The minimum absolute atomic E-state index is 0.0972. The fourth-order valence-electron chi connectivity index (χ4n) is 2.90. The second kappa shape index (κ2) is 8.95. The minimum atomic E-state index is -0.333. The van der Waals surface area contributed by atoms with E-state index in [0.29, 0.717) is 30.1 Å². The molecule has 8 nitrogen and oxygen atoms in total. The van der Waals surface area contributed by atoms with Crippen molar-refractivity contribution in [2.45, 2.75) is 19.4 Å². The highest BCUT2D eigenvalue weighted by Crippen LogP contribution is 2.20. The molecule has 0 bridgehead atoms. The van der Waals surface area contributed by atoms with Gasteiger partial charge in [0.2, 0.25) is 5.91 Å². The van der Waals surface area contributed by atoms with Gasteiger partial charge in [-0.15, -0.1) is 0 Å². The lowest BCUT2D eigenvalue weighted by Crippen LogP contribution is -2.36. The Labute approximate surface area is 173 Å². The molecule has 8 heteroatoms. The number of aromatic nitrogens is 2. The van der Waals surface area contributed by atoms with E-state index in [9.17, 15) is 9.59 Å². The summed E-state index contributed by atoms with van der Waals surface area (Å²) in [7, 11) is 0. The van der Waals surface area contributed by atoms with E-state index in [4.69, 9.17) is 4.74 Å². The Morgan fingerprint density at radius 2 is 1.70 bits per heavy atom. The van der Waals surface area contributed by atoms with Crippen molar-refractivity contribution >= 4 is 23.2 Å². The predicted molar refractivity (Wildman–Crippen MR) is 111 cm³/mol. The molecule has 0 fully saturated rings. The van der Waals surface area contributed by atoms with Crippen LogP contribution >= 0.6 is 0 Å². The van der Waals surface area contributed by atoms with Crippen LogP contribution in [0.1, 0.15) is 18.4 Å². The summed E-state index contributed by atoms with van der Waals surface area (Å²) in [6.45, 7) is 0.337. The number of carbonyl (C=O) groups is 2. The molecule has 1 N–H and O–H groups in total. The Morgan fingerprint density at radius 3 is 2.43 bits per heavy atom. The molecule has 0 radical (unpaired) electrons. The zero-order valence-electron chi connectivity index (χ0n) is 16.1. The Balaban J connectivity index is 1.40. The van der Waals surface area contributed by atoms with Gasteiger partial charge in [-0.25, -0.2) is 15.0 Å². The molecule has 1 aromatic heterocycles. The maximum atomic E-state index is 12.6. The first-order valence-electron chi connectivity index (χ1n) is 9.45. The summed E-state index contributed by atoms with van der Waals surface area (Å²) < 4.78 is 5.53. The van der Waals surface area contributed by atoms with E-state index < -0.39 is 0 Å². The third kappa shape index (κ3) is 4.85. The van der Waals surface area contributed by atoms with Crippen molar-refractivity contribution in [3.05, 3.63) is 78.6 Å². The number of hydrogen-bond donors (Lipinski definition) is 1. The van der Waals surface area contributed by atoms with Crippen molar-refractivity contribution in [2.75, 3.05) is 5.32 Å². The van der Waals surface area contributed by atoms with Crippen LogP contribution in [0.5, 0.6) is 11.8 Å². The highest BCUT2D eigenvalue weighted by Gasteiger charge is 2.24.